The maximum absolute atomic E-state index is 12.9. The van der Waals surface area contributed by atoms with Crippen molar-refractivity contribution in [3.8, 4) is 0 Å². The van der Waals surface area contributed by atoms with Crippen LogP contribution in [0.1, 0.15) is 33.6 Å². The lowest BCUT2D eigenvalue weighted by molar-refractivity contribution is -0.124. The number of aromatic nitrogens is 1. The predicted molar refractivity (Wildman–Crippen MR) is 107 cm³/mol. The highest BCUT2D eigenvalue weighted by atomic mass is 19.1. The van der Waals surface area contributed by atoms with Crippen molar-refractivity contribution in [1.29, 1.82) is 0 Å². The van der Waals surface area contributed by atoms with Crippen LogP contribution in [0.25, 0.3) is 10.9 Å². The molecule has 0 aliphatic heterocycles. The molecule has 0 fully saturated rings. The molecule has 2 aromatic carbocycles. The molecule has 0 saturated carbocycles. The van der Waals surface area contributed by atoms with E-state index in [1.807, 2.05) is 24.3 Å². The molecular formula is C23H21FN2O3. The van der Waals surface area contributed by atoms with E-state index in [4.69, 9.17) is 4.74 Å². The molecule has 1 aromatic heterocycles. The van der Waals surface area contributed by atoms with Crippen LogP contribution >= 0.6 is 0 Å². The Hall–Kier alpha value is -3.28. The molecule has 3 aromatic rings. The minimum Gasteiger partial charge on any atom is -0.452 e. The first-order chi connectivity index (χ1) is 14.1. The Bertz CT molecular complexity index is 1060. The summed E-state index contributed by atoms with van der Waals surface area (Å²) in [4.78, 5) is 29.5. The molecule has 0 saturated heterocycles. The summed E-state index contributed by atoms with van der Waals surface area (Å²) in [7, 11) is 0. The number of rotatable bonds is 6. The second kappa shape index (κ2) is 8.39. The van der Waals surface area contributed by atoms with Crippen molar-refractivity contribution >= 4 is 22.8 Å². The van der Waals surface area contributed by atoms with Crippen molar-refractivity contribution < 1.29 is 18.7 Å². The number of hydrogen-bond donors (Lipinski definition) is 1. The Kier molecular flexibility index (Phi) is 5.51. The largest absolute Gasteiger partial charge is 0.452 e. The Morgan fingerprint density at radius 1 is 1.07 bits per heavy atom. The summed E-state index contributed by atoms with van der Waals surface area (Å²) >= 11 is 0. The molecule has 1 aliphatic rings. The summed E-state index contributed by atoms with van der Waals surface area (Å²) in [5, 5.41) is 3.48. The smallest absolute Gasteiger partial charge is 0.339 e. The van der Waals surface area contributed by atoms with Crippen molar-refractivity contribution in [2.75, 3.05) is 13.2 Å². The summed E-state index contributed by atoms with van der Waals surface area (Å²) in [5.41, 5.74) is 4.10. The van der Waals surface area contributed by atoms with Gasteiger partial charge < -0.3 is 10.1 Å². The fraction of sp³-hybridized carbons (Fsp3) is 0.261. The summed E-state index contributed by atoms with van der Waals surface area (Å²) in [6.45, 7) is 0.0449. The van der Waals surface area contributed by atoms with E-state index in [-0.39, 0.29) is 18.3 Å². The second-order valence-electron chi connectivity index (χ2n) is 7.09. The summed E-state index contributed by atoms with van der Waals surface area (Å²) in [6, 6.07) is 13.6. The first-order valence-corrected chi connectivity index (χ1v) is 9.70. The highest BCUT2D eigenvalue weighted by Crippen LogP contribution is 2.30. The van der Waals surface area contributed by atoms with Crippen LogP contribution in [-0.4, -0.2) is 30.0 Å². The maximum atomic E-state index is 12.9. The summed E-state index contributed by atoms with van der Waals surface area (Å²) < 4.78 is 18.2. The van der Waals surface area contributed by atoms with Crippen LogP contribution in [0.3, 0.4) is 0 Å². The summed E-state index contributed by atoms with van der Waals surface area (Å²) in [5.74, 6) is -1.15. The van der Waals surface area contributed by atoms with Crippen molar-refractivity contribution in [2.24, 2.45) is 0 Å². The average Bonchev–Trinajstić information content (AvgIpc) is 3.19. The average molecular weight is 392 g/mol. The van der Waals surface area contributed by atoms with Gasteiger partial charge in [0.05, 0.1) is 11.1 Å². The molecule has 1 N–H and O–H groups in total. The van der Waals surface area contributed by atoms with Crippen molar-refractivity contribution in [3.63, 3.8) is 0 Å². The number of carbonyl (C=O) groups excluding carboxylic acids is 2. The maximum Gasteiger partial charge on any atom is 0.339 e. The van der Waals surface area contributed by atoms with E-state index in [0.717, 1.165) is 47.0 Å². The lowest BCUT2D eigenvalue weighted by atomic mass is 10.0. The van der Waals surface area contributed by atoms with Gasteiger partial charge in [-0.25, -0.2) is 9.18 Å². The number of carbonyl (C=O) groups is 2. The van der Waals surface area contributed by atoms with Gasteiger partial charge in [-0.3, -0.25) is 9.78 Å². The molecule has 1 amide bonds. The quantitative estimate of drug-likeness (QED) is 0.653. The molecule has 6 heteroatoms. The number of nitrogens with zero attached hydrogens (tertiary/aromatic N) is 1. The van der Waals surface area contributed by atoms with Crippen LogP contribution in [0, 0.1) is 5.82 Å². The third-order valence-corrected chi connectivity index (χ3v) is 5.11. The third kappa shape index (κ3) is 4.26. The Morgan fingerprint density at radius 3 is 2.69 bits per heavy atom. The zero-order valence-electron chi connectivity index (χ0n) is 15.9. The number of halogens is 1. The van der Waals surface area contributed by atoms with Crippen LogP contribution in [0.5, 0.6) is 0 Å². The molecule has 0 bridgehead atoms. The molecular weight excluding hydrogens is 371 g/mol. The number of aryl methyl sites for hydroxylation is 1. The fourth-order valence-corrected chi connectivity index (χ4v) is 3.70. The number of hydrogen-bond acceptors (Lipinski definition) is 4. The Labute approximate surface area is 167 Å². The van der Waals surface area contributed by atoms with Gasteiger partial charge in [0.2, 0.25) is 0 Å². The first kappa shape index (κ1) is 19.1. The van der Waals surface area contributed by atoms with Crippen LogP contribution in [0.2, 0.25) is 0 Å². The molecule has 0 atom stereocenters. The van der Waals surface area contributed by atoms with E-state index in [1.165, 1.54) is 12.1 Å². The van der Waals surface area contributed by atoms with E-state index >= 15 is 0 Å². The van der Waals surface area contributed by atoms with Crippen LogP contribution in [0.4, 0.5) is 4.39 Å². The lowest BCUT2D eigenvalue weighted by Crippen LogP contribution is -2.30. The standard InChI is InChI=1S/C23H21FN2O3/c24-16-10-8-15(9-11-16)12-13-25-21(27)14-29-23(28)22-17-4-1-2-6-19(17)26-20-7-3-5-18(20)22/h1-2,4,6,8-11H,3,5,7,12-14H2,(H,25,27). The zero-order valence-corrected chi connectivity index (χ0v) is 15.9. The van der Waals surface area contributed by atoms with Gasteiger partial charge in [-0.05, 0) is 55.0 Å². The SMILES string of the molecule is O=C(COC(=O)c1c2c(nc3ccccc13)CCC2)NCCc1ccc(F)cc1. The van der Waals surface area contributed by atoms with Gasteiger partial charge in [-0.15, -0.1) is 0 Å². The molecule has 29 heavy (non-hydrogen) atoms. The van der Waals surface area contributed by atoms with Gasteiger partial charge in [0.15, 0.2) is 6.61 Å². The highest BCUT2D eigenvalue weighted by Gasteiger charge is 2.25. The molecule has 0 unspecified atom stereocenters. The number of ether oxygens (including phenoxy) is 1. The van der Waals surface area contributed by atoms with Gasteiger partial charge in [0.1, 0.15) is 5.82 Å². The second-order valence-corrected chi connectivity index (χ2v) is 7.09. The van der Waals surface area contributed by atoms with E-state index < -0.39 is 5.97 Å². The normalized spacial score (nSPS) is 12.6. The summed E-state index contributed by atoms with van der Waals surface area (Å²) in [6.07, 6.45) is 3.18. The zero-order chi connectivity index (χ0) is 20.2. The lowest BCUT2D eigenvalue weighted by Gasteiger charge is -2.12. The van der Waals surface area contributed by atoms with E-state index in [2.05, 4.69) is 10.3 Å². The minimum atomic E-state index is -0.490. The van der Waals surface area contributed by atoms with E-state index in [1.54, 1.807) is 12.1 Å². The monoisotopic (exact) mass is 392 g/mol. The Balaban J connectivity index is 1.37. The third-order valence-electron chi connectivity index (χ3n) is 5.11. The van der Waals surface area contributed by atoms with Crippen molar-refractivity contribution in [1.82, 2.24) is 10.3 Å². The predicted octanol–water partition coefficient (Wildman–Crippen LogP) is 3.38. The van der Waals surface area contributed by atoms with Gasteiger partial charge in [-0.1, -0.05) is 30.3 Å². The molecule has 5 nitrogen and oxygen atoms in total. The number of fused-ring (bicyclic) bond motifs is 2. The number of benzene rings is 2. The Morgan fingerprint density at radius 2 is 1.86 bits per heavy atom. The van der Waals surface area contributed by atoms with Crippen LogP contribution in [0.15, 0.2) is 48.5 Å². The molecule has 0 radical (unpaired) electrons. The molecule has 1 heterocycles. The van der Waals surface area contributed by atoms with Crippen LogP contribution < -0.4 is 5.32 Å². The van der Waals surface area contributed by atoms with E-state index in [9.17, 15) is 14.0 Å². The van der Waals surface area contributed by atoms with Crippen molar-refractivity contribution in [2.45, 2.75) is 25.7 Å². The van der Waals surface area contributed by atoms with Gasteiger partial charge in [0, 0.05) is 17.6 Å². The highest BCUT2D eigenvalue weighted by molar-refractivity contribution is 6.05. The first-order valence-electron chi connectivity index (χ1n) is 9.70. The molecule has 0 spiro atoms. The van der Waals surface area contributed by atoms with Gasteiger partial charge >= 0.3 is 5.97 Å². The fourth-order valence-electron chi connectivity index (χ4n) is 3.70. The number of pyridine rings is 1. The van der Waals surface area contributed by atoms with Gasteiger partial charge in [0.25, 0.3) is 5.91 Å². The minimum absolute atomic E-state index is 0.292. The molecule has 148 valence electrons. The van der Waals surface area contributed by atoms with Crippen molar-refractivity contribution in [3.05, 3.63) is 76.7 Å². The topological polar surface area (TPSA) is 68.3 Å². The molecule has 1 aliphatic carbocycles. The van der Waals surface area contributed by atoms with Gasteiger partial charge in [-0.2, -0.15) is 0 Å². The number of para-hydroxylation sites is 1. The number of nitrogens with one attached hydrogen (secondary N) is 1. The van der Waals surface area contributed by atoms with E-state index in [0.29, 0.717) is 18.5 Å². The number of esters is 1. The van der Waals surface area contributed by atoms with Crippen LogP contribution in [-0.2, 0) is 28.8 Å². The number of amides is 1. The molecule has 4 rings (SSSR count).